The Hall–Kier alpha value is -3.21. The Morgan fingerprint density at radius 1 is 1.21 bits per heavy atom. The molecule has 1 N–H and O–H groups in total. The van der Waals surface area contributed by atoms with Crippen molar-refractivity contribution in [3.8, 4) is 0 Å². The van der Waals surface area contributed by atoms with Crippen LogP contribution in [0.3, 0.4) is 0 Å². The van der Waals surface area contributed by atoms with E-state index in [4.69, 9.17) is 9.97 Å². The number of carbonyl (C=O) groups excluding carboxylic acids is 1. The van der Waals surface area contributed by atoms with Gasteiger partial charge in [-0.2, -0.15) is 5.10 Å². The molecule has 0 spiro atoms. The third-order valence-corrected chi connectivity index (χ3v) is 6.27. The Morgan fingerprint density at radius 2 is 1.97 bits per heavy atom. The minimum absolute atomic E-state index is 0.0400. The van der Waals surface area contributed by atoms with Crippen molar-refractivity contribution in [2.45, 2.75) is 50.1 Å². The van der Waals surface area contributed by atoms with Gasteiger partial charge < -0.3 is 10.2 Å². The Labute approximate surface area is 195 Å². The summed E-state index contributed by atoms with van der Waals surface area (Å²) in [7, 11) is 0. The first-order chi connectivity index (χ1) is 15.9. The van der Waals surface area contributed by atoms with Crippen molar-refractivity contribution in [1.82, 2.24) is 25.1 Å². The Morgan fingerprint density at radius 3 is 2.70 bits per heavy atom. The number of para-hydroxylation sites is 1. The number of benzene rings is 1. The predicted molar refractivity (Wildman–Crippen MR) is 128 cm³/mol. The number of aromatic nitrogens is 4. The second-order valence-electron chi connectivity index (χ2n) is 8.18. The first-order valence-electron chi connectivity index (χ1n) is 11.1. The molecule has 0 radical (unpaired) electrons. The molecule has 1 aromatic carbocycles. The fraction of sp³-hybridized carbons (Fsp3) is 0.455. The van der Waals surface area contributed by atoms with E-state index in [-0.39, 0.29) is 17.8 Å². The topological polar surface area (TPSA) is 119 Å². The first-order valence-corrected chi connectivity index (χ1v) is 12.0. The van der Waals surface area contributed by atoms with Gasteiger partial charge in [0.25, 0.3) is 11.6 Å². The zero-order chi connectivity index (χ0) is 23.4. The first kappa shape index (κ1) is 23.0. The molecule has 11 heteroatoms. The summed E-state index contributed by atoms with van der Waals surface area (Å²) in [5.74, 6) is 0.427. The SMILES string of the molecule is CC(C)Sc1nc(N2CCCCC2)c2cnn(CCNC(=O)c3ccccc3[N+](=O)[O-])c2n1. The molecule has 174 valence electrons. The highest BCUT2D eigenvalue weighted by atomic mass is 32.2. The van der Waals surface area contributed by atoms with Crippen LogP contribution in [0.25, 0.3) is 11.0 Å². The van der Waals surface area contributed by atoms with Gasteiger partial charge in [-0.25, -0.2) is 14.6 Å². The summed E-state index contributed by atoms with van der Waals surface area (Å²) in [4.78, 5) is 35.1. The van der Waals surface area contributed by atoms with Gasteiger partial charge in [-0.15, -0.1) is 0 Å². The number of rotatable bonds is 8. The van der Waals surface area contributed by atoms with E-state index >= 15 is 0 Å². The summed E-state index contributed by atoms with van der Waals surface area (Å²) in [6, 6.07) is 5.92. The summed E-state index contributed by atoms with van der Waals surface area (Å²) in [6.07, 6.45) is 5.30. The molecular formula is C22H27N7O3S. The van der Waals surface area contributed by atoms with Gasteiger partial charge in [0.2, 0.25) is 0 Å². The number of thioether (sulfide) groups is 1. The number of amides is 1. The molecule has 0 aliphatic carbocycles. The number of nitrogens with zero attached hydrogens (tertiary/aromatic N) is 6. The molecule has 3 aromatic rings. The predicted octanol–water partition coefficient (Wildman–Crippen LogP) is 3.66. The number of fused-ring (bicyclic) bond motifs is 1. The lowest BCUT2D eigenvalue weighted by Crippen LogP contribution is -2.30. The molecule has 1 fully saturated rings. The zero-order valence-electron chi connectivity index (χ0n) is 18.7. The quantitative estimate of drug-likeness (QED) is 0.230. The van der Waals surface area contributed by atoms with E-state index in [1.165, 1.54) is 24.6 Å². The molecule has 4 rings (SSSR count). The maximum Gasteiger partial charge on any atom is 0.282 e. The number of anilines is 1. The fourth-order valence-electron chi connectivity index (χ4n) is 3.89. The standard InChI is InChI=1S/C22H27N7O3S/c1-15(2)33-22-25-19(27-11-6-3-7-12-27)17-14-24-28(20(17)26-22)13-10-23-21(30)16-8-4-5-9-18(16)29(31)32/h4-5,8-9,14-15H,3,6-7,10-13H2,1-2H3,(H,23,30). The van der Waals surface area contributed by atoms with Crippen LogP contribution in [0.4, 0.5) is 11.5 Å². The molecule has 1 saturated heterocycles. The lowest BCUT2D eigenvalue weighted by molar-refractivity contribution is -0.385. The number of hydrogen-bond donors (Lipinski definition) is 1. The van der Waals surface area contributed by atoms with Crippen molar-refractivity contribution >= 4 is 40.2 Å². The lowest BCUT2D eigenvalue weighted by atomic mass is 10.1. The number of carbonyl (C=O) groups is 1. The fourth-order valence-corrected chi connectivity index (χ4v) is 4.59. The second kappa shape index (κ2) is 10.2. The van der Waals surface area contributed by atoms with Crippen molar-refractivity contribution in [3.05, 3.63) is 46.1 Å². The van der Waals surface area contributed by atoms with Crippen LogP contribution >= 0.6 is 11.8 Å². The van der Waals surface area contributed by atoms with Gasteiger partial charge in [-0.3, -0.25) is 14.9 Å². The summed E-state index contributed by atoms with van der Waals surface area (Å²) in [5, 5.41) is 20.4. The van der Waals surface area contributed by atoms with Crippen LogP contribution in [0.1, 0.15) is 43.5 Å². The van der Waals surface area contributed by atoms with E-state index in [2.05, 4.69) is 29.2 Å². The van der Waals surface area contributed by atoms with Gasteiger partial charge >= 0.3 is 0 Å². The van der Waals surface area contributed by atoms with Crippen molar-refractivity contribution in [2.24, 2.45) is 0 Å². The molecule has 3 heterocycles. The van der Waals surface area contributed by atoms with E-state index in [0.29, 0.717) is 17.0 Å². The van der Waals surface area contributed by atoms with Gasteiger partial charge in [-0.1, -0.05) is 37.7 Å². The third-order valence-electron chi connectivity index (χ3n) is 5.41. The number of nitrogens with one attached hydrogen (secondary N) is 1. The number of hydrogen-bond acceptors (Lipinski definition) is 8. The maximum atomic E-state index is 12.5. The highest BCUT2D eigenvalue weighted by Crippen LogP contribution is 2.30. The smallest absolute Gasteiger partial charge is 0.282 e. The van der Waals surface area contributed by atoms with Gasteiger partial charge in [-0.05, 0) is 25.3 Å². The van der Waals surface area contributed by atoms with Gasteiger partial charge in [0.15, 0.2) is 10.8 Å². The lowest BCUT2D eigenvalue weighted by Gasteiger charge is -2.28. The van der Waals surface area contributed by atoms with Crippen LogP contribution in [0.5, 0.6) is 0 Å². The highest BCUT2D eigenvalue weighted by molar-refractivity contribution is 7.99. The monoisotopic (exact) mass is 469 g/mol. The average molecular weight is 470 g/mol. The van der Waals surface area contributed by atoms with Crippen molar-refractivity contribution < 1.29 is 9.72 Å². The average Bonchev–Trinajstić information content (AvgIpc) is 3.21. The van der Waals surface area contributed by atoms with Crippen molar-refractivity contribution in [2.75, 3.05) is 24.5 Å². The molecule has 1 aliphatic heterocycles. The van der Waals surface area contributed by atoms with Crippen molar-refractivity contribution in [3.63, 3.8) is 0 Å². The Balaban J connectivity index is 1.54. The van der Waals surface area contributed by atoms with E-state index in [0.717, 1.165) is 42.8 Å². The normalized spacial score (nSPS) is 14.1. The van der Waals surface area contributed by atoms with Gasteiger partial charge in [0.1, 0.15) is 11.4 Å². The summed E-state index contributed by atoms with van der Waals surface area (Å²) in [6.45, 7) is 6.79. The molecule has 10 nitrogen and oxygen atoms in total. The summed E-state index contributed by atoms with van der Waals surface area (Å²) in [5.41, 5.74) is 0.556. The molecule has 0 unspecified atom stereocenters. The van der Waals surface area contributed by atoms with Crippen LogP contribution in [-0.2, 0) is 6.54 Å². The Kier molecular flexibility index (Phi) is 7.07. The molecule has 1 aliphatic rings. The molecule has 2 aromatic heterocycles. The van der Waals surface area contributed by atoms with Crippen LogP contribution in [-0.4, -0.2) is 55.5 Å². The van der Waals surface area contributed by atoms with Gasteiger partial charge in [0.05, 0.1) is 23.1 Å². The van der Waals surface area contributed by atoms with Crippen molar-refractivity contribution in [1.29, 1.82) is 0 Å². The van der Waals surface area contributed by atoms with E-state index in [1.54, 1.807) is 28.7 Å². The van der Waals surface area contributed by atoms with Crippen LogP contribution < -0.4 is 10.2 Å². The highest BCUT2D eigenvalue weighted by Gasteiger charge is 2.21. The third kappa shape index (κ3) is 5.24. The summed E-state index contributed by atoms with van der Waals surface area (Å²) < 4.78 is 1.76. The largest absolute Gasteiger partial charge is 0.356 e. The summed E-state index contributed by atoms with van der Waals surface area (Å²) >= 11 is 1.61. The minimum Gasteiger partial charge on any atom is -0.356 e. The minimum atomic E-state index is -0.553. The number of piperidine rings is 1. The van der Waals surface area contributed by atoms with E-state index in [1.807, 2.05) is 0 Å². The zero-order valence-corrected chi connectivity index (χ0v) is 19.5. The Bertz CT molecular complexity index is 1160. The molecule has 0 saturated carbocycles. The van der Waals surface area contributed by atoms with Gasteiger partial charge in [0, 0.05) is 31.0 Å². The van der Waals surface area contributed by atoms with E-state index in [9.17, 15) is 14.9 Å². The number of nitro benzene ring substituents is 1. The van der Waals surface area contributed by atoms with Crippen LogP contribution in [0.15, 0.2) is 35.6 Å². The van der Waals surface area contributed by atoms with E-state index < -0.39 is 10.8 Å². The van der Waals surface area contributed by atoms with Crippen LogP contribution in [0, 0.1) is 10.1 Å². The second-order valence-corrected chi connectivity index (χ2v) is 9.72. The van der Waals surface area contributed by atoms with Crippen LogP contribution in [0.2, 0.25) is 0 Å². The maximum absolute atomic E-state index is 12.5. The molecular weight excluding hydrogens is 442 g/mol. The molecule has 0 atom stereocenters. The molecule has 0 bridgehead atoms. The molecule has 1 amide bonds. The number of nitro groups is 1. The molecule has 33 heavy (non-hydrogen) atoms.